The van der Waals surface area contributed by atoms with Crippen LogP contribution in [0.3, 0.4) is 0 Å². The van der Waals surface area contributed by atoms with Crippen LogP contribution in [0.25, 0.3) is 0 Å². The Balaban J connectivity index is 1.93. The van der Waals surface area contributed by atoms with Crippen LogP contribution in [0.4, 0.5) is 0 Å². The largest absolute Gasteiger partial charge is 0.314 e. The highest BCUT2D eigenvalue weighted by Crippen LogP contribution is 2.13. The van der Waals surface area contributed by atoms with Crippen LogP contribution in [0.2, 0.25) is 0 Å². The van der Waals surface area contributed by atoms with Crippen LogP contribution in [-0.2, 0) is 0 Å². The van der Waals surface area contributed by atoms with Crippen LogP contribution in [0.15, 0.2) is 0 Å². The fourth-order valence-electron chi connectivity index (χ4n) is 1.79. The minimum atomic E-state index is 0.798. The molecule has 78 valence electrons. The van der Waals surface area contributed by atoms with E-state index in [9.17, 15) is 0 Å². The first-order valence-corrected chi connectivity index (χ1v) is 6.48. The molecule has 0 amide bonds. The maximum absolute atomic E-state index is 3.53. The van der Waals surface area contributed by atoms with Gasteiger partial charge in [-0.25, -0.2) is 0 Å². The van der Waals surface area contributed by atoms with Gasteiger partial charge in [-0.1, -0.05) is 6.92 Å². The third-order valence-corrected chi connectivity index (χ3v) is 3.58. The van der Waals surface area contributed by atoms with Gasteiger partial charge in [-0.15, -0.1) is 0 Å². The zero-order valence-electron chi connectivity index (χ0n) is 8.88. The van der Waals surface area contributed by atoms with Gasteiger partial charge in [0.25, 0.3) is 0 Å². The molecule has 1 aliphatic rings. The van der Waals surface area contributed by atoms with Crippen molar-refractivity contribution in [3.63, 3.8) is 0 Å². The molecule has 0 radical (unpaired) electrons. The van der Waals surface area contributed by atoms with E-state index < -0.39 is 0 Å². The Bertz CT molecular complexity index is 130. The molecule has 1 aliphatic heterocycles. The predicted octanol–water partition coefficient (Wildman–Crippen LogP) is 1.42. The van der Waals surface area contributed by atoms with E-state index >= 15 is 0 Å². The van der Waals surface area contributed by atoms with E-state index in [-0.39, 0.29) is 0 Å². The molecule has 1 saturated heterocycles. The van der Waals surface area contributed by atoms with Crippen LogP contribution in [0.5, 0.6) is 0 Å². The number of nitrogens with zero attached hydrogens (tertiary/aromatic N) is 1. The minimum absolute atomic E-state index is 0.798. The second-order valence-electron chi connectivity index (χ2n) is 3.68. The number of likely N-dealkylation sites (tertiary alicyclic amines) is 1. The lowest BCUT2D eigenvalue weighted by Crippen LogP contribution is -2.36. The Morgan fingerprint density at radius 3 is 3.00 bits per heavy atom. The summed E-state index contributed by atoms with van der Waals surface area (Å²) in [6, 6.07) is 0.798. The van der Waals surface area contributed by atoms with Crippen LogP contribution in [0, 0.1) is 0 Å². The summed E-state index contributed by atoms with van der Waals surface area (Å²) < 4.78 is 0. The Hall–Kier alpha value is 0.270. The average Bonchev–Trinajstić information content (AvgIpc) is 2.52. The summed E-state index contributed by atoms with van der Waals surface area (Å²) in [5.74, 6) is 2.50. The number of thioether (sulfide) groups is 1. The van der Waals surface area contributed by atoms with Gasteiger partial charge < -0.3 is 10.2 Å². The lowest BCUT2D eigenvalue weighted by molar-refractivity contribution is 0.302. The number of likely N-dealkylation sites (N-methyl/N-ethyl adjacent to an activating group) is 1. The molecule has 13 heavy (non-hydrogen) atoms. The molecule has 1 N–H and O–H groups in total. The zero-order valence-corrected chi connectivity index (χ0v) is 9.70. The van der Waals surface area contributed by atoms with Gasteiger partial charge in [0.15, 0.2) is 0 Å². The topological polar surface area (TPSA) is 15.3 Å². The van der Waals surface area contributed by atoms with Crippen molar-refractivity contribution in [1.82, 2.24) is 10.2 Å². The molecule has 0 aromatic rings. The highest BCUT2D eigenvalue weighted by molar-refractivity contribution is 7.99. The van der Waals surface area contributed by atoms with E-state index in [1.54, 1.807) is 0 Å². The number of nitrogens with one attached hydrogen (secondary N) is 1. The maximum Gasteiger partial charge on any atom is 0.0218 e. The highest BCUT2D eigenvalue weighted by Gasteiger charge is 2.19. The van der Waals surface area contributed by atoms with Crippen molar-refractivity contribution in [3.8, 4) is 0 Å². The molecule has 0 aromatic carbocycles. The summed E-state index contributed by atoms with van der Waals surface area (Å²) in [5.41, 5.74) is 0. The number of rotatable bonds is 6. The summed E-state index contributed by atoms with van der Waals surface area (Å²) in [6.45, 7) is 5.86. The Morgan fingerprint density at radius 2 is 2.38 bits per heavy atom. The van der Waals surface area contributed by atoms with Crippen molar-refractivity contribution >= 4 is 11.8 Å². The lowest BCUT2D eigenvalue weighted by Gasteiger charge is -2.19. The van der Waals surface area contributed by atoms with Crippen LogP contribution < -0.4 is 5.32 Å². The molecule has 0 saturated carbocycles. The molecule has 3 heteroatoms. The molecule has 1 unspecified atom stereocenters. The summed E-state index contributed by atoms with van der Waals surface area (Å²) in [7, 11) is 2.24. The van der Waals surface area contributed by atoms with E-state index in [4.69, 9.17) is 0 Å². The fourth-order valence-corrected chi connectivity index (χ4v) is 2.37. The molecule has 1 atom stereocenters. The molecule has 0 aromatic heterocycles. The minimum Gasteiger partial charge on any atom is -0.314 e. The van der Waals surface area contributed by atoms with E-state index in [0.717, 1.165) is 6.04 Å². The van der Waals surface area contributed by atoms with E-state index in [1.165, 1.54) is 44.0 Å². The van der Waals surface area contributed by atoms with E-state index in [0.29, 0.717) is 0 Å². The molecular formula is C10H22N2S. The molecule has 1 heterocycles. The molecule has 2 nitrogen and oxygen atoms in total. The highest BCUT2D eigenvalue weighted by atomic mass is 32.2. The van der Waals surface area contributed by atoms with Gasteiger partial charge in [0.1, 0.15) is 0 Å². The van der Waals surface area contributed by atoms with Crippen LogP contribution >= 0.6 is 11.8 Å². The van der Waals surface area contributed by atoms with Gasteiger partial charge >= 0.3 is 0 Å². The number of hydrogen-bond acceptors (Lipinski definition) is 3. The molecule has 0 bridgehead atoms. The SMILES string of the molecule is CCSCCNCC1CCCN1C. The monoisotopic (exact) mass is 202 g/mol. The second-order valence-corrected chi connectivity index (χ2v) is 5.07. The maximum atomic E-state index is 3.53. The molecule has 1 fully saturated rings. The first-order valence-electron chi connectivity index (χ1n) is 5.33. The standard InChI is InChI=1S/C10H22N2S/c1-3-13-8-6-11-9-10-5-4-7-12(10)2/h10-11H,3-9H2,1-2H3. The smallest absolute Gasteiger partial charge is 0.0218 e. The van der Waals surface area contributed by atoms with Crippen molar-refractivity contribution in [2.24, 2.45) is 0 Å². The quantitative estimate of drug-likeness (QED) is 0.656. The Kier molecular flexibility index (Phi) is 5.83. The second kappa shape index (κ2) is 6.68. The Morgan fingerprint density at radius 1 is 1.54 bits per heavy atom. The van der Waals surface area contributed by atoms with Gasteiger partial charge in [0.05, 0.1) is 0 Å². The predicted molar refractivity (Wildman–Crippen MR) is 61.5 cm³/mol. The average molecular weight is 202 g/mol. The first-order chi connectivity index (χ1) is 6.34. The van der Waals surface area contributed by atoms with Crippen molar-refractivity contribution in [2.45, 2.75) is 25.8 Å². The fraction of sp³-hybridized carbons (Fsp3) is 1.00. The van der Waals surface area contributed by atoms with Gasteiger partial charge in [-0.05, 0) is 32.2 Å². The lowest BCUT2D eigenvalue weighted by atomic mass is 10.2. The third-order valence-electron chi connectivity index (χ3n) is 2.68. The van der Waals surface area contributed by atoms with Gasteiger partial charge in [0, 0.05) is 24.9 Å². The van der Waals surface area contributed by atoms with Gasteiger partial charge in [-0.3, -0.25) is 0 Å². The first kappa shape index (κ1) is 11.3. The van der Waals surface area contributed by atoms with E-state index in [1.807, 2.05) is 11.8 Å². The zero-order chi connectivity index (χ0) is 9.52. The Labute approximate surface area is 86.5 Å². The molecule has 1 rings (SSSR count). The molecule has 0 spiro atoms. The van der Waals surface area contributed by atoms with Crippen LogP contribution in [-0.4, -0.2) is 49.1 Å². The molecule has 0 aliphatic carbocycles. The van der Waals surface area contributed by atoms with Gasteiger partial charge in [-0.2, -0.15) is 11.8 Å². The normalized spacial score (nSPS) is 24.0. The third kappa shape index (κ3) is 4.34. The summed E-state index contributed by atoms with van der Waals surface area (Å²) in [6.07, 6.45) is 2.76. The molecular weight excluding hydrogens is 180 g/mol. The summed E-state index contributed by atoms with van der Waals surface area (Å²) in [5, 5.41) is 3.53. The summed E-state index contributed by atoms with van der Waals surface area (Å²) in [4.78, 5) is 2.47. The van der Waals surface area contributed by atoms with Crippen molar-refractivity contribution in [3.05, 3.63) is 0 Å². The van der Waals surface area contributed by atoms with Crippen molar-refractivity contribution in [1.29, 1.82) is 0 Å². The summed E-state index contributed by atoms with van der Waals surface area (Å²) >= 11 is 2.02. The van der Waals surface area contributed by atoms with Crippen LogP contribution in [0.1, 0.15) is 19.8 Å². The van der Waals surface area contributed by atoms with E-state index in [2.05, 4.69) is 24.2 Å². The van der Waals surface area contributed by atoms with Gasteiger partial charge in [0.2, 0.25) is 0 Å². The number of hydrogen-bond donors (Lipinski definition) is 1. The van der Waals surface area contributed by atoms with Crippen molar-refractivity contribution in [2.75, 3.05) is 38.2 Å². The van der Waals surface area contributed by atoms with Crippen molar-refractivity contribution < 1.29 is 0 Å².